The Balaban J connectivity index is 2.86. The zero-order valence-corrected chi connectivity index (χ0v) is 7.96. The van der Waals surface area contributed by atoms with Crippen molar-refractivity contribution in [2.45, 2.75) is 27.2 Å². The van der Waals surface area contributed by atoms with Gasteiger partial charge in [0.2, 0.25) is 0 Å². The maximum Gasteiger partial charge on any atom is 0.123 e. The first-order valence-corrected chi connectivity index (χ1v) is 4.31. The zero-order valence-electron chi connectivity index (χ0n) is 7.96. The Morgan fingerprint density at radius 1 is 1.42 bits per heavy atom. The molecule has 0 aliphatic carbocycles. The van der Waals surface area contributed by atoms with Gasteiger partial charge in [-0.15, -0.1) is 0 Å². The highest BCUT2D eigenvalue weighted by Crippen LogP contribution is 2.12. The van der Waals surface area contributed by atoms with E-state index >= 15 is 0 Å². The van der Waals surface area contributed by atoms with E-state index in [9.17, 15) is 0 Å². The number of anilines is 1. The van der Waals surface area contributed by atoms with Gasteiger partial charge in [0.05, 0.1) is 0 Å². The van der Waals surface area contributed by atoms with E-state index in [2.05, 4.69) is 24.9 Å². The summed E-state index contributed by atoms with van der Waals surface area (Å²) in [6, 6.07) is 3.93. The van der Waals surface area contributed by atoms with Gasteiger partial charge in [-0.2, -0.15) is 0 Å². The number of pyridine rings is 1. The van der Waals surface area contributed by atoms with E-state index in [0.29, 0.717) is 11.7 Å². The Morgan fingerprint density at radius 3 is 2.58 bits per heavy atom. The molecule has 1 aromatic rings. The van der Waals surface area contributed by atoms with Crippen LogP contribution in [0.5, 0.6) is 0 Å². The van der Waals surface area contributed by atoms with Gasteiger partial charge in [-0.25, -0.2) is 4.98 Å². The van der Waals surface area contributed by atoms with Crippen LogP contribution in [0.3, 0.4) is 0 Å². The van der Waals surface area contributed by atoms with Crippen LogP contribution in [-0.4, -0.2) is 4.98 Å². The molecule has 0 aliphatic rings. The molecule has 0 radical (unpaired) electrons. The summed E-state index contributed by atoms with van der Waals surface area (Å²) in [6.45, 7) is 6.42. The van der Waals surface area contributed by atoms with Gasteiger partial charge < -0.3 is 5.73 Å². The maximum atomic E-state index is 5.55. The zero-order chi connectivity index (χ0) is 9.14. The molecule has 2 nitrogen and oxygen atoms in total. The van der Waals surface area contributed by atoms with Crippen molar-refractivity contribution in [3.05, 3.63) is 23.4 Å². The molecular formula is C10H16N2. The van der Waals surface area contributed by atoms with Gasteiger partial charge in [-0.05, 0) is 30.9 Å². The third kappa shape index (κ3) is 2.22. The summed E-state index contributed by atoms with van der Waals surface area (Å²) >= 11 is 0. The number of hydrogen-bond acceptors (Lipinski definition) is 2. The Labute approximate surface area is 73.8 Å². The molecule has 0 bridgehead atoms. The predicted octanol–water partition coefficient (Wildman–Crippen LogP) is 2.17. The molecule has 2 heteroatoms. The molecule has 0 spiro atoms. The molecule has 0 aromatic carbocycles. The molecule has 1 aromatic heterocycles. The molecule has 1 rings (SSSR count). The summed E-state index contributed by atoms with van der Waals surface area (Å²) in [5.41, 5.74) is 7.91. The topological polar surface area (TPSA) is 38.9 Å². The van der Waals surface area contributed by atoms with Crippen LogP contribution < -0.4 is 5.73 Å². The Kier molecular flexibility index (Phi) is 2.69. The quantitative estimate of drug-likeness (QED) is 0.727. The summed E-state index contributed by atoms with van der Waals surface area (Å²) in [4.78, 5) is 4.20. The van der Waals surface area contributed by atoms with Gasteiger partial charge in [-0.3, -0.25) is 0 Å². The van der Waals surface area contributed by atoms with Crippen LogP contribution in [0.15, 0.2) is 12.1 Å². The first kappa shape index (κ1) is 9.04. The Hall–Kier alpha value is -1.05. The molecule has 0 unspecified atom stereocenters. The lowest BCUT2D eigenvalue weighted by Crippen LogP contribution is -2.00. The van der Waals surface area contributed by atoms with Gasteiger partial charge in [-0.1, -0.05) is 19.9 Å². The molecule has 12 heavy (non-hydrogen) atoms. The fourth-order valence-electron chi connectivity index (χ4n) is 1.26. The average molecular weight is 164 g/mol. The lowest BCUT2D eigenvalue weighted by atomic mass is 10.0. The molecule has 0 saturated carbocycles. The van der Waals surface area contributed by atoms with Crippen LogP contribution in [0.1, 0.15) is 25.1 Å². The number of rotatable bonds is 2. The lowest BCUT2D eigenvalue weighted by molar-refractivity contribution is 0.642. The van der Waals surface area contributed by atoms with E-state index < -0.39 is 0 Å². The van der Waals surface area contributed by atoms with E-state index in [4.69, 9.17) is 5.73 Å². The first-order chi connectivity index (χ1) is 5.59. The summed E-state index contributed by atoms with van der Waals surface area (Å²) in [6.07, 6.45) is 1.08. The molecular weight excluding hydrogens is 148 g/mol. The normalized spacial score (nSPS) is 10.7. The van der Waals surface area contributed by atoms with Gasteiger partial charge in [0, 0.05) is 5.69 Å². The third-order valence-corrected chi connectivity index (χ3v) is 1.84. The Bertz CT molecular complexity index is 267. The van der Waals surface area contributed by atoms with E-state index in [0.717, 1.165) is 12.1 Å². The number of aromatic nitrogens is 1. The van der Waals surface area contributed by atoms with E-state index in [1.807, 2.05) is 13.0 Å². The van der Waals surface area contributed by atoms with Crippen molar-refractivity contribution in [2.75, 3.05) is 5.73 Å². The number of nitrogen functional groups attached to an aromatic ring is 1. The van der Waals surface area contributed by atoms with Crippen molar-refractivity contribution in [3.63, 3.8) is 0 Å². The largest absolute Gasteiger partial charge is 0.384 e. The van der Waals surface area contributed by atoms with Crippen molar-refractivity contribution in [1.29, 1.82) is 0 Å². The van der Waals surface area contributed by atoms with Crippen molar-refractivity contribution < 1.29 is 0 Å². The highest BCUT2D eigenvalue weighted by Gasteiger charge is 2.02. The summed E-state index contributed by atoms with van der Waals surface area (Å²) in [5, 5.41) is 0. The van der Waals surface area contributed by atoms with Gasteiger partial charge in [0.25, 0.3) is 0 Å². The second-order valence-electron chi connectivity index (χ2n) is 3.58. The number of nitrogens with zero attached hydrogens (tertiary/aromatic N) is 1. The fraction of sp³-hybridized carbons (Fsp3) is 0.500. The number of aryl methyl sites for hydroxylation is 1. The van der Waals surface area contributed by atoms with Crippen molar-refractivity contribution in [3.8, 4) is 0 Å². The van der Waals surface area contributed by atoms with Crippen LogP contribution in [-0.2, 0) is 6.42 Å². The minimum atomic E-state index is 0.611. The second kappa shape index (κ2) is 3.57. The van der Waals surface area contributed by atoms with Crippen molar-refractivity contribution in [1.82, 2.24) is 4.98 Å². The third-order valence-electron chi connectivity index (χ3n) is 1.84. The highest BCUT2D eigenvalue weighted by atomic mass is 14.8. The van der Waals surface area contributed by atoms with E-state index in [-0.39, 0.29) is 0 Å². The minimum Gasteiger partial charge on any atom is -0.384 e. The van der Waals surface area contributed by atoms with Crippen LogP contribution in [0.25, 0.3) is 0 Å². The molecule has 0 atom stereocenters. The average Bonchev–Trinajstić information content (AvgIpc) is 1.94. The minimum absolute atomic E-state index is 0.611. The second-order valence-corrected chi connectivity index (χ2v) is 3.58. The smallest absolute Gasteiger partial charge is 0.123 e. The SMILES string of the molecule is Cc1nc(N)ccc1CC(C)C. The fourth-order valence-corrected chi connectivity index (χ4v) is 1.26. The molecule has 1 heterocycles. The molecule has 2 N–H and O–H groups in total. The predicted molar refractivity (Wildman–Crippen MR) is 51.9 cm³/mol. The Morgan fingerprint density at radius 2 is 2.08 bits per heavy atom. The van der Waals surface area contributed by atoms with Crippen LogP contribution in [0, 0.1) is 12.8 Å². The summed E-state index contributed by atoms with van der Waals surface area (Å²) < 4.78 is 0. The molecule has 0 saturated heterocycles. The van der Waals surface area contributed by atoms with Crippen molar-refractivity contribution in [2.24, 2.45) is 5.92 Å². The summed E-state index contributed by atoms with van der Waals surface area (Å²) in [5.74, 6) is 1.29. The summed E-state index contributed by atoms with van der Waals surface area (Å²) in [7, 11) is 0. The van der Waals surface area contributed by atoms with Gasteiger partial charge in [0.15, 0.2) is 0 Å². The molecule has 0 amide bonds. The maximum absolute atomic E-state index is 5.55. The van der Waals surface area contributed by atoms with E-state index in [1.165, 1.54) is 5.56 Å². The standard InChI is InChI=1S/C10H16N2/c1-7(2)6-9-4-5-10(11)12-8(9)3/h4-5,7H,6H2,1-3H3,(H2,11,12). The van der Waals surface area contributed by atoms with Gasteiger partial charge >= 0.3 is 0 Å². The van der Waals surface area contributed by atoms with Crippen LogP contribution >= 0.6 is 0 Å². The lowest BCUT2D eigenvalue weighted by Gasteiger charge is -2.07. The van der Waals surface area contributed by atoms with Crippen molar-refractivity contribution >= 4 is 5.82 Å². The molecule has 0 fully saturated rings. The monoisotopic (exact) mass is 164 g/mol. The highest BCUT2D eigenvalue weighted by molar-refractivity contribution is 5.33. The first-order valence-electron chi connectivity index (χ1n) is 4.31. The number of hydrogen-bond donors (Lipinski definition) is 1. The van der Waals surface area contributed by atoms with E-state index in [1.54, 1.807) is 0 Å². The number of nitrogens with two attached hydrogens (primary N) is 1. The van der Waals surface area contributed by atoms with Gasteiger partial charge in [0.1, 0.15) is 5.82 Å². The molecule has 0 aliphatic heterocycles. The molecule has 66 valence electrons. The van der Waals surface area contributed by atoms with Crippen LogP contribution in [0.4, 0.5) is 5.82 Å². The van der Waals surface area contributed by atoms with Crippen LogP contribution in [0.2, 0.25) is 0 Å².